The molecule has 3 heteroatoms. The smallest absolute Gasteiger partial charge is 0.355 e. The summed E-state index contributed by atoms with van der Waals surface area (Å²) in [6.45, 7) is 4.56. The molecule has 3 nitrogen and oxygen atoms in total. The van der Waals surface area contributed by atoms with Crippen molar-refractivity contribution in [2.75, 3.05) is 0 Å². The maximum atomic E-state index is 12.3. The number of rotatable bonds is 8. The van der Waals surface area contributed by atoms with Gasteiger partial charge in [0.2, 0.25) is 0 Å². The number of ether oxygens (including phenoxy) is 1. The number of aryl methyl sites for hydroxylation is 1. The normalized spacial score (nSPS) is 10.6. The SMILES string of the molecule is CCCCCCc1c(C)c[nH]c1C(=O)OCc1ccccc1. The minimum absolute atomic E-state index is 0.262. The zero-order valence-corrected chi connectivity index (χ0v) is 13.5. The Bertz CT molecular complexity index is 587. The summed E-state index contributed by atoms with van der Waals surface area (Å²) in [6.07, 6.45) is 7.62. The molecule has 0 saturated carbocycles. The van der Waals surface area contributed by atoms with Gasteiger partial charge in [0.1, 0.15) is 12.3 Å². The van der Waals surface area contributed by atoms with E-state index >= 15 is 0 Å². The van der Waals surface area contributed by atoms with Crippen LogP contribution in [-0.4, -0.2) is 11.0 Å². The lowest BCUT2D eigenvalue weighted by atomic mass is 10.0. The van der Waals surface area contributed by atoms with Crippen molar-refractivity contribution in [2.45, 2.75) is 52.6 Å². The quantitative estimate of drug-likeness (QED) is 0.562. The Morgan fingerprint density at radius 2 is 1.91 bits per heavy atom. The number of carbonyl (C=O) groups excluding carboxylic acids is 1. The third-order valence-electron chi connectivity index (χ3n) is 3.91. The van der Waals surface area contributed by atoms with E-state index in [0.717, 1.165) is 29.5 Å². The number of benzene rings is 1. The van der Waals surface area contributed by atoms with Gasteiger partial charge in [-0.2, -0.15) is 0 Å². The van der Waals surface area contributed by atoms with Gasteiger partial charge in [0.25, 0.3) is 0 Å². The second-order valence-electron chi connectivity index (χ2n) is 5.70. The second kappa shape index (κ2) is 8.42. The zero-order valence-electron chi connectivity index (χ0n) is 13.5. The summed E-state index contributed by atoms with van der Waals surface area (Å²) in [7, 11) is 0. The molecule has 0 aliphatic carbocycles. The number of hydrogen-bond acceptors (Lipinski definition) is 2. The van der Waals surface area contributed by atoms with Gasteiger partial charge in [0.15, 0.2) is 0 Å². The first-order valence-electron chi connectivity index (χ1n) is 8.10. The van der Waals surface area contributed by atoms with E-state index in [1.807, 2.05) is 43.5 Å². The van der Waals surface area contributed by atoms with Gasteiger partial charge in [0.05, 0.1) is 0 Å². The molecule has 0 aliphatic heterocycles. The zero-order chi connectivity index (χ0) is 15.8. The van der Waals surface area contributed by atoms with E-state index < -0.39 is 0 Å². The van der Waals surface area contributed by atoms with Gasteiger partial charge in [-0.05, 0) is 36.5 Å². The van der Waals surface area contributed by atoms with Crippen LogP contribution in [0.5, 0.6) is 0 Å². The minimum Gasteiger partial charge on any atom is -0.456 e. The number of aromatic nitrogens is 1. The van der Waals surface area contributed by atoms with Crippen LogP contribution in [-0.2, 0) is 17.8 Å². The van der Waals surface area contributed by atoms with Crippen LogP contribution in [0.25, 0.3) is 0 Å². The van der Waals surface area contributed by atoms with E-state index in [0.29, 0.717) is 12.3 Å². The summed E-state index contributed by atoms with van der Waals surface area (Å²) < 4.78 is 5.43. The van der Waals surface area contributed by atoms with E-state index in [4.69, 9.17) is 4.74 Å². The maximum Gasteiger partial charge on any atom is 0.355 e. The number of unbranched alkanes of at least 4 members (excludes halogenated alkanes) is 3. The first kappa shape index (κ1) is 16.3. The molecule has 2 aromatic rings. The van der Waals surface area contributed by atoms with Gasteiger partial charge in [-0.15, -0.1) is 0 Å². The molecule has 0 atom stereocenters. The molecule has 118 valence electrons. The number of esters is 1. The fraction of sp³-hybridized carbons (Fsp3) is 0.421. The lowest BCUT2D eigenvalue weighted by Gasteiger charge is -2.07. The van der Waals surface area contributed by atoms with E-state index in [1.54, 1.807) is 0 Å². The van der Waals surface area contributed by atoms with Gasteiger partial charge in [-0.3, -0.25) is 0 Å². The van der Waals surface area contributed by atoms with Crippen molar-refractivity contribution in [3.05, 3.63) is 58.9 Å². The summed E-state index contributed by atoms with van der Waals surface area (Å²) in [5, 5.41) is 0. The van der Waals surface area contributed by atoms with E-state index in [9.17, 15) is 4.79 Å². The molecule has 0 bridgehead atoms. The minimum atomic E-state index is -0.262. The molecule has 0 amide bonds. The maximum absolute atomic E-state index is 12.3. The molecule has 0 unspecified atom stereocenters. The van der Waals surface area contributed by atoms with Gasteiger partial charge in [0, 0.05) is 6.20 Å². The predicted molar refractivity (Wildman–Crippen MR) is 88.9 cm³/mol. The first-order valence-corrected chi connectivity index (χ1v) is 8.10. The third-order valence-corrected chi connectivity index (χ3v) is 3.91. The summed E-state index contributed by atoms with van der Waals surface area (Å²) in [5.74, 6) is -0.262. The van der Waals surface area contributed by atoms with Crippen LogP contribution < -0.4 is 0 Å². The van der Waals surface area contributed by atoms with E-state index in [-0.39, 0.29) is 5.97 Å². The highest BCUT2D eigenvalue weighted by molar-refractivity contribution is 5.89. The Labute approximate surface area is 132 Å². The Morgan fingerprint density at radius 1 is 1.14 bits per heavy atom. The average molecular weight is 299 g/mol. The topological polar surface area (TPSA) is 42.1 Å². The second-order valence-corrected chi connectivity index (χ2v) is 5.70. The number of H-pyrrole nitrogens is 1. The largest absolute Gasteiger partial charge is 0.456 e. The fourth-order valence-electron chi connectivity index (χ4n) is 2.58. The molecule has 0 saturated heterocycles. The van der Waals surface area contributed by atoms with E-state index in [1.165, 1.54) is 19.3 Å². The Hall–Kier alpha value is -2.03. The van der Waals surface area contributed by atoms with Crippen molar-refractivity contribution in [3.63, 3.8) is 0 Å². The van der Waals surface area contributed by atoms with E-state index in [2.05, 4.69) is 11.9 Å². The fourth-order valence-corrected chi connectivity index (χ4v) is 2.58. The van der Waals surface area contributed by atoms with Crippen LogP contribution in [0, 0.1) is 6.92 Å². The van der Waals surface area contributed by atoms with Crippen LogP contribution in [0.2, 0.25) is 0 Å². The molecule has 1 heterocycles. The molecule has 0 fully saturated rings. The van der Waals surface area contributed by atoms with Crippen molar-refractivity contribution in [1.82, 2.24) is 4.98 Å². The van der Waals surface area contributed by atoms with Gasteiger partial charge >= 0.3 is 5.97 Å². The highest BCUT2D eigenvalue weighted by Gasteiger charge is 2.16. The molecule has 0 spiro atoms. The third kappa shape index (κ3) is 4.48. The van der Waals surface area contributed by atoms with Crippen LogP contribution in [0.15, 0.2) is 36.5 Å². The number of nitrogens with one attached hydrogen (secondary N) is 1. The molecule has 1 aromatic carbocycles. The summed E-state index contributed by atoms with van der Waals surface area (Å²) in [4.78, 5) is 15.4. The lowest BCUT2D eigenvalue weighted by Crippen LogP contribution is -2.08. The van der Waals surface area contributed by atoms with Crippen molar-refractivity contribution < 1.29 is 9.53 Å². The molecular formula is C19H25NO2. The van der Waals surface area contributed by atoms with Crippen LogP contribution in [0.1, 0.15) is 59.8 Å². The number of aromatic amines is 1. The highest BCUT2D eigenvalue weighted by Crippen LogP contribution is 2.18. The molecule has 22 heavy (non-hydrogen) atoms. The average Bonchev–Trinajstić information content (AvgIpc) is 2.91. The molecule has 1 aromatic heterocycles. The standard InChI is InChI=1S/C19H25NO2/c1-3-4-5-9-12-17-15(2)13-20-18(17)19(21)22-14-16-10-7-6-8-11-16/h6-8,10-11,13,20H,3-5,9,12,14H2,1-2H3. The first-order chi connectivity index (χ1) is 10.7. The van der Waals surface area contributed by atoms with Crippen molar-refractivity contribution in [3.8, 4) is 0 Å². The molecule has 2 rings (SSSR count). The van der Waals surface area contributed by atoms with Gasteiger partial charge in [-0.25, -0.2) is 4.79 Å². The summed E-state index contributed by atoms with van der Waals surface area (Å²) in [6, 6.07) is 9.76. The molecular weight excluding hydrogens is 274 g/mol. The Kier molecular flexibility index (Phi) is 6.26. The molecule has 0 radical (unpaired) electrons. The van der Waals surface area contributed by atoms with Crippen molar-refractivity contribution >= 4 is 5.97 Å². The number of hydrogen-bond donors (Lipinski definition) is 1. The van der Waals surface area contributed by atoms with Crippen molar-refractivity contribution in [2.24, 2.45) is 0 Å². The lowest BCUT2D eigenvalue weighted by molar-refractivity contribution is 0.0465. The van der Waals surface area contributed by atoms with Gasteiger partial charge < -0.3 is 9.72 Å². The van der Waals surface area contributed by atoms with Crippen molar-refractivity contribution in [1.29, 1.82) is 0 Å². The summed E-state index contributed by atoms with van der Waals surface area (Å²) in [5.41, 5.74) is 3.87. The predicted octanol–water partition coefficient (Wildman–Crippen LogP) is 4.80. The molecule has 1 N–H and O–H groups in total. The van der Waals surface area contributed by atoms with Gasteiger partial charge in [-0.1, -0.05) is 56.5 Å². The van der Waals surface area contributed by atoms with Crippen LogP contribution in [0.3, 0.4) is 0 Å². The summed E-state index contributed by atoms with van der Waals surface area (Å²) >= 11 is 0. The molecule has 0 aliphatic rings. The Balaban J connectivity index is 1.94. The van der Waals surface area contributed by atoms with Crippen LogP contribution in [0.4, 0.5) is 0 Å². The highest BCUT2D eigenvalue weighted by atomic mass is 16.5. The monoisotopic (exact) mass is 299 g/mol. The Morgan fingerprint density at radius 3 is 2.64 bits per heavy atom. The number of carbonyl (C=O) groups is 1. The van der Waals surface area contributed by atoms with Crippen LogP contribution >= 0.6 is 0 Å².